The van der Waals surface area contributed by atoms with E-state index in [1.807, 2.05) is 0 Å². The predicted molar refractivity (Wildman–Crippen MR) is 63.2 cm³/mol. The first-order chi connectivity index (χ1) is 7.74. The summed E-state index contributed by atoms with van der Waals surface area (Å²) in [6.45, 7) is 1.17. The molecule has 0 atom stereocenters. The minimum Gasteiger partial charge on any atom is -0.486 e. The average Bonchev–Trinajstić information content (AvgIpc) is 2.29. The van der Waals surface area contributed by atoms with Crippen LogP contribution >= 0.6 is 15.9 Å². The van der Waals surface area contributed by atoms with Gasteiger partial charge in [-0.3, -0.25) is 0 Å². The van der Waals surface area contributed by atoms with E-state index in [0.29, 0.717) is 35.5 Å². The van der Waals surface area contributed by atoms with Crippen LogP contribution in [0.4, 0.5) is 4.39 Å². The van der Waals surface area contributed by atoms with Gasteiger partial charge in [0.1, 0.15) is 13.2 Å². The van der Waals surface area contributed by atoms with Gasteiger partial charge in [-0.05, 0) is 22.0 Å². The summed E-state index contributed by atoms with van der Waals surface area (Å²) >= 11 is 3.29. The Labute approximate surface area is 101 Å². The second-order valence-corrected chi connectivity index (χ2v) is 4.10. The van der Waals surface area contributed by atoms with Gasteiger partial charge < -0.3 is 15.2 Å². The second-order valence-electron chi connectivity index (χ2n) is 3.25. The zero-order valence-electron chi connectivity index (χ0n) is 8.50. The Hall–Kier alpha value is -1.07. The van der Waals surface area contributed by atoms with Gasteiger partial charge in [-0.15, -0.1) is 0 Å². The Balaban J connectivity index is 2.49. The van der Waals surface area contributed by atoms with Gasteiger partial charge in [-0.1, -0.05) is 12.2 Å². The maximum absolute atomic E-state index is 14.0. The summed E-state index contributed by atoms with van der Waals surface area (Å²) in [5.74, 6) is 0.181. The van der Waals surface area contributed by atoms with Gasteiger partial charge in [-0.2, -0.15) is 0 Å². The summed E-state index contributed by atoms with van der Waals surface area (Å²) in [4.78, 5) is 0. The standard InChI is InChI=1S/C11H11BrFNO2/c12-8-6-9-11(16-5-4-15-9)10(13)7(8)2-1-3-14/h1-2,6H,3-5,14H2/b2-1+. The van der Waals surface area contributed by atoms with Crippen LogP contribution in [0.3, 0.4) is 0 Å². The van der Waals surface area contributed by atoms with E-state index < -0.39 is 5.82 Å². The summed E-state index contributed by atoms with van der Waals surface area (Å²) in [7, 11) is 0. The molecule has 16 heavy (non-hydrogen) atoms. The summed E-state index contributed by atoms with van der Waals surface area (Å²) in [5.41, 5.74) is 5.76. The molecule has 1 aromatic carbocycles. The molecular weight excluding hydrogens is 277 g/mol. The van der Waals surface area contributed by atoms with Crippen molar-refractivity contribution in [2.24, 2.45) is 5.73 Å². The Morgan fingerprint density at radius 1 is 1.44 bits per heavy atom. The van der Waals surface area contributed by atoms with Crippen LogP contribution < -0.4 is 15.2 Å². The summed E-state index contributed by atoms with van der Waals surface area (Å²) < 4.78 is 25.2. The highest BCUT2D eigenvalue weighted by atomic mass is 79.9. The Kier molecular flexibility index (Phi) is 3.46. The van der Waals surface area contributed by atoms with Crippen LogP contribution in [0.5, 0.6) is 11.5 Å². The fourth-order valence-corrected chi connectivity index (χ4v) is 1.98. The van der Waals surface area contributed by atoms with Gasteiger partial charge in [0.2, 0.25) is 0 Å². The highest BCUT2D eigenvalue weighted by Gasteiger charge is 2.21. The van der Waals surface area contributed by atoms with Crippen LogP contribution in [-0.4, -0.2) is 19.8 Å². The molecule has 3 nitrogen and oxygen atoms in total. The van der Waals surface area contributed by atoms with Crippen molar-refractivity contribution >= 4 is 22.0 Å². The number of rotatable bonds is 2. The van der Waals surface area contributed by atoms with E-state index in [9.17, 15) is 4.39 Å². The van der Waals surface area contributed by atoms with Crippen LogP contribution in [0.25, 0.3) is 6.08 Å². The van der Waals surface area contributed by atoms with Crippen molar-refractivity contribution < 1.29 is 13.9 Å². The number of fused-ring (bicyclic) bond motifs is 1. The molecule has 0 aliphatic carbocycles. The lowest BCUT2D eigenvalue weighted by Gasteiger charge is -2.20. The smallest absolute Gasteiger partial charge is 0.197 e. The SMILES string of the molecule is NC/C=C/c1c(Br)cc2c(c1F)OCCO2. The van der Waals surface area contributed by atoms with Crippen LogP contribution in [0.1, 0.15) is 5.56 Å². The Morgan fingerprint density at radius 2 is 2.19 bits per heavy atom. The van der Waals surface area contributed by atoms with Crippen LogP contribution in [0, 0.1) is 5.82 Å². The molecule has 1 heterocycles. The monoisotopic (exact) mass is 287 g/mol. The average molecular weight is 288 g/mol. The van der Waals surface area contributed by atoms with Gasteiger partial charge in [-0.25, -0.2) is 4.39 Å². The highest BCUT2D eigenvalue weighted by Crippen LogP contribution is 2.39. The van der Waals surface area contributed by atoms with Crippen molar-refractivity contribution in [3.63, 3.8) is 0 Å². The molecule has 0 aromatic heterocycles. The minimum atomic E-state index is -0.422. The lowest BCUT2D eigenvalue weighted by molar-refractivity contribution is 0.164. The first-order valence-electron chi connectivity index (χ1n) is 4.88. The normalized spacial score (nSPS) is 14.4. The summed E-state index contributed by atoms with van der Waals surface area (Å²) in [6, 6.07) is 1.70. The molecule has 0 saturated heterocycles. The third kappa shape index (κ3) is 2.05. The fourth-order valence-electron chi connectivity index (χ4n) is 1.47. The van der Waals surface area contributed by atoms with Crippen molar-refractivity contribution in [3.05, 3.63) is 28.0 Å². The number of ether oxygens (including phenoxy) is 2. The quantitative estimate of drug-likeness (QED) is 0.908. The van der Waals surface area contributed by atoms with Gasteiger partial charge in [0.25, 0.3) is 0 Å². The third-order valence-corrected chi connectivity index (χ3v) is 2.84. The van der Waals surface area contributed by atoms with E-state index >= 15 is 0 Å². The number of benzene rings is 1. The van der Waals surface area contributed by atoms with Gasteiger partial charge in [0, 0.05) is 16.6 Å². The lowest BCUT2D eigenvalue weighted by atomic mass is 10.1. The van der Waals surface area contributed by atoms with Crippen molar-refractivity contribution in [2.75, 3.05) is 19.8 Å². The molecule has 0 unspecified atom stereocenters. The molecule has 2 rings (SSSR count). The molecule has 1 aromatic rings. The molecule has 0 bridgehead atoms. The fraction of sp³-hybridized carbons (Fsp3) is 0.273. The summed E-state index contributed by atoms with van der Waals surface area (Å²) in [6.07, 6.45) is 3.30. The Morgan fingerprint density at radius 3 is 2.94 bits per heavy atom. The molecule has 0 fully saturated rings. The largest absolute Gasteiger partial charge is 0.486 e. The maximum Gasteiger partial charge on any atom is 0.197 e. The topological polar surface area (TPSA) is 44.5 Å². The third-order valence-electron chi connectivity index (χ3n) is 2.18. The van der Waals surface area contributed by atoms with E-state index in [-0.39, 0.29) is 5.75 Å². The number of halogens is 2. The Bertz CT molecular complexity index is 434. The molecule has 1 aliphatic rings. The first-order valence-corrected chi connectivity index (χ1v) is 5.67. The van der Waals surface area contributed by atoms with E-state index in [4.69, 9.17) is 15.2 Å². The molecule has 2 N–H and O–H groups in total. The van der Waals surface area contributed by atoms with E-state index in [2.05, 4.69) is 15.9 Å². The molecule has 0 spiro atoms. The van der Waals surface area contributed by atoms with Gasteiger partial charge in [0.15, 0.2) is 17.3 Å². The lowest BCUT2D eigenvalue weighted by Crippen LogP contribution is -2.16. The van der Waals surface area contributed by atoms with E-state index in [1.165, 1.54) is 0 Å². The van der Waals surface area contributed by atoms with Gasteiger partial charge >= 0.3 is 0 Å². The van der Waals surface area contributed by atoms with E-state index in [0.717, 1.165) is 0 Å². The van der Waals surface area contributed by atoms with Crippen molar-refractivity contribution in [1.82, 2.24) is 0 Å². The zero-order chi connectivity index (χ0) is 11.5. The van der Waals surface area contributed by atoms with Crippen LogP contribution in [0.15, 0.2) is 16.6 Å². The van der Waals surface area contributed by atoms with Crippen LogP contribution in [-0.2, 0) is 0 Å². The minimum absolute atomic E-state index is 0.172. The molecule has 0 radical (unpaired) electrons. The van der Waals surface area contributed by atoms with Crippen LogP contribution in [0.2, 0.25) is 0 Å². The number of hydrogen-bond donors (Lipinski definition) is 1. The number of nitrogens with two attached hydrogens (primary N) is 1. The second kappa shape index (κ2) is 4.84. The highest BCUT2D eigenvalue weighted by molar-refractivity contribution is 9.10. The predicted octanol–water partition coefficient (Wildman–Crippen LogP) is 2.33. The van der Waals surface area contributed by atoms with Crippen molar-refractivity contribution in [3.8, 4) is 11.5 Å². The summed E-state index contributed by atoms with van der Waals surface area (Å²) in [5, 5.41) is 0. The molecular formula is C11H11BrFNO2. The van der Waals surface area contributed by atoms with Gasteiger partial charge in [0.05, 0.1) is 0 Å². The molecule has 0 amide bonds. The zero-order valence-corrected chi connectivity index (χ0v) is 10.1. The number of hydrogen-bond acceptors (Lipinski definition) is 3. The first kappa shape index (κ1) is 11.4. The molecule has 0 saturated carbocycles. The molecule has 1 aliphatic heterocycles. The van der Waals surface area contributed by atoms with Crippen molar-refractivity contribution in [2.45, 2.75) is 0 Å². The maximum atomic E-state index is 14.0. The molecule has 5 heteroatoms. The van der Waals surface area contributed by atoms with E-state index in [1.54, 1.807) is 18.2 Å². The molecule has 86 valence electrons. The van der Waals surface area contributed by atoms with Crippen molar-refractivity contribution in [1.29, 1.82) is 0 Å².